The topological polar surface area (TPSA) is 61.0 Å². The van der Waals surface area contributed by atoms with Crippen molar-refractivity contribution in [2.24, 2.45) is 11.7 Å². The van der Waals surface area contributed by atoms with E-state index in [1.165, 1.54) is 38.4 Å². The van der Waals surface area contributed by atoms with Crippen molar-refractivity contribution in [3.8, 4) is 0 Å². The molecule has 1 heterocycles. The third kappa shape index (κ3) is 3.27. The lowest BCUT2D eigenvalue weighted by Gasteiger charge is -2.33. The van der Waals surface area contributed by atoms with Gasteiger partial charge in [-0.2, -0.15) is 0 Å². The Hall–Kier alpha value is -1.00. The van der Waals surface area contributed by atoms with Crippen LogP contribution in [0.4, 0.5) is 0 Å². The van der Waals surface area contributed by atoms with Gasteiger partial charge in [0.05, 0.1) is 12.1 Å². The minimum Gasteiger partial charge on any atom is -0.376 e. The number of hydrogen-bond donors (Lipinski definition) is 1. The average molecular weight is 249 g/mol. The summed E-state index contributed by atoms with van der Waals surface area (Å²) in [6.07, 6.45) is 11.6. The van der Waals surface area contributed by atoms with Crippen molar-refractivity contribution in [1.29, 1.82) is 0 Å². The lowest BCUT2D eigenvalue weighted by Crippen LogP contribution is -2.36. The summed E-state index contributed by atoms with van der Waals surface area (Å²) < 4.78 is 5.92. The standard InChI is InChI=1S/C14H23N3O/c1-2-18-14(11-6-4-3-5-7-11)13(15)12-8-16-10-17-9-12/h8-11,13-14H,2-7,15H2,1H3. The molecule has 0 amide bonds. The maximum atomic E-state index is 6.35. The highest BCUT2D eigenvalue weighted by molar-refractivity contribution is 5.11. The number of ether oxygens (including phenoxy) is 1. The van der Waals surface area contributed by atoms with E-state index in [0.717, 1.165) is 5.56 Å². The molecule has 0 bridgehead atoms. The summed E-state index contributed by atoms with van der Waals surface area (Å²) in [5.74, 6) is 0.578. The molecule has 2 unspecified atom stereocenters. The van der Waals surface area contributed by atoms with Gasteiger partial charge in [-0.05, 0) is 25.7 Å². The fourth-order valence-corrected chi connectivity index (χ4v) is 2.86. The first-order chi connectivity index (χ1) is 8.83. The molecule has 2 rings (SSSR count). The van der Waals surface area contributed by atoms with Crippen LogP contribution in [0.1, 0.15) is 50.6 Å². The maximum Gasteiger partial charge on any atom is 0.115 e. The summed E-state index contributed by atoms with van der Waals surface area (Å²) in [6, 6.07) is -0.116. The van der Waals surface area contributed by atoms with Crippen molar-refractivity contribution in [2.75, 3.05) is 6.61 Å². The van der Waals surface area contributed by atoms with Gasteiger partial charge in [-0.25, -0.2) is 9.97 Å². The van der Waals surface area contributed by atoms with Crippen LogP contribution in [0, 0.1) is 5.92 Å². The van der Waals surface area contributed by atoms with Gasteiger partial charge < -0.3 is 10.5 Å². The largest absolute Gasteiger partial charge is 0.376 e. The van der Waals surface area contributed by atoms with Crippen molar-refractivity contribution in [2.45, 2.75) is 51.2 Å². The summed E-state index contributed by atoms with van der Waals surface area (Å²) in [5, 5.41) is 0. The number of nitrogens with zero attached hydrogens (tertiary/aromatic N) is 2. The molecule has 1 saturated carbocycles. The molecule has 2 N–H and O–H groups in total. The molecule has 1 aliphatic rings. The van der Waals surface area contributed by atoms with Gasteiger partial charge in [-0.15, -0.1) is 0 Å². The van der Waals surface area contributed by atoms with Gasteiger partial charge in [0.2, 0.25) is 0 Å². The monoisotopic (exact) mass is 249 g/mol. The molecule has 100 valence electrons. The molecule has 0 aliphatic heterocycles. The average Bonchev–Trinajstić information content (AvgIpc) is 2.46. The van der Waals surface area contributed by atoms with E-state index < -0.39 is 0 Å². The highest BCUT2D eigenvalue weighted by atomic mass is 16.5. The van der Waals surface area contributed by atoms with Crippen LogP contribution >= 0.6 is 0 Å². The molecule has 4 nitrogen and oxygen atoms in total. The first-order valence-electron chi connectivity index (χ1n) is 6.95. The minimum absolute atomic E-state index is 0.0984. The molecule has 0 radical (unpaired) electrons. The van der Waals surface area contributed by atoms with Crippen molar-refractivity contribution in [3.63, 3.8) is 0 Å². The SMILES string of the molecule is CCOC(C1CCCCC1)C(N)c1cncnc1. The van der Waals surface area contributed by atoms with E-state index in [-0.39, 0.29) is 12.1 Å². The minimum atomic E-state index is -0.116. The van der Waals surface area contributed by atoms with E-state index >= 15 is 0 Å². The second-order valence-corrected chi connectivity index (χ2v) is 5.02. The third-order valence-electron chi connectivity index (χ3n) is 3.79. The van der Waals surface area contributed by atoms with E-state index in [9.17, 15) is 0 Å². The molecule has 18 heavy (non-hydrogen) atoms. The van der Waals surface area contributed by atoms with Crippen LogP contribution in [0.5, 0.6) is 0 Å². The Morgan fingerprint density at radius 3 is 2.56 bits per heavy atom. The summed E-state index contributed by atoms with van der Waals surface area (Å²) in [6.45, 7) is 2.74. The van der Waals surface area contributed by atoms with Gasteiger partial charge in [0.1, 0.15) is 6.33 Å². The Balaban J connectivity index is 2.08. The summed E-state index contributed by atoms with van der Waals surface area (Å²) in [4.78, 5) is 8.09. The smallest absolute Gasteiger partial charge is 0.115 e. The number of hydrogen-bond acceptors (Lipinski definition) is 4. The van der Waals surface area contributed by atoms with Gasteiger partial charge in [0.15, 0.2) is 0 Å². The van der Waals surface area contributed by atoms with Crippen molar-refractivity contribution in [1.82, 2.24) is 9.97 Å². The van der Waals surface area contributed by atoms with E-state index in [1.54, 1.807) is 12.4 Å². The summed E-state index contributed by atoms with van der Waals surface area (Å²) in [7, 11) is 0. The van der Waals surface area contributed by atoms with Crippen molar-refractivity contribution in [3.05, 3.63) is 24.3 Å². The molecule has 4 heteroatoms. The molecular formula is C14H23N3O. The molecular weight excluding hydrogens is 226 g/mol. The zero-order chi connectivity index (χ0) is 12.8. The highest BCUT2D eigenvalue weighted by Crippen LogP contribution is 2.33. The molecule has 1 fully saturated rings. The second-order valence-electron chi connectivity index (χ2n) is 5.02. The van der Waals surface area contributed by atoms with Gasteiger partial charge in [0.25, 0.3) is 0 Å². The number of rotatable bonds is 5. The van der Waals surface area contributed by atoms with Crippen LogP contribution < -0.4 is 5.73 Å². The van der Waals surface area contributed by atoms with Crippen molar-refractivity contribution < 1.29 is 4.74 Å². The van der Waals surface area contributed by atoms with Crippen LogP contribution in [-0.2, 0) is 4.74 Å². The van der Waals surface area contributed by atoms with Crippen LogP contribution in [0.15, 0.2) is 18.7 Å². The Labute approximate surface area is 109 Å². The molecule has 1 aromatic heterocycles. The second kappa shape index (κ2) is 6.81. The molecule has 0 spiro atoms. The predicted molar refractivity (Wildman–Crippen MR) is 70.9 cm³/mol. The maximum absolute atomic E-state index is 6.35. The Bertz CT molecular complexity index is 338. The highest BCUT2D eigenvalue weighted by Gasteiger charge is 2.30. The zero-order valence-electron chi connectivity index (χ0n) is 11.1. The number of nitrogens with two attached hydrogens (primary N) is 1. The van der Waals surface area contributed by atoms with Crippen LogP contribution in [0.2, 0.25) is 0 Å². The van der Waals surface area contributed by atoms with E-state index in [0.29, 0.717) is 12.5 Å². The predicted octanol–water partition coefficient (Wildman–Crippen LogP) is 2.46. The van der Waals surface area contributed by atoms with Crippen LogP contribution in [-0.4, -0.2) is 22.7 Å². The van der Waals surface area contributed by atoms with E-state index in [4.69, 9.17) is 10.5 Å². The quantitative estimate of drug-likeness (QED) is 0.870. The Kier molecular flexibility index (Phi) is 5.08. The normalized spacial score (nSPS) is 20.6. The first kappa shape index (κ1) is 13.4. The van der Waals surface area contributed by atoms with E-state index in [2.05, 4.69) is 9.97 Å². The number of aromatic nitrogens is 2. The fraction of sp³-hybridized carbons (Fsp3) is 0.714. The molecule has 1 aromatic rings. The molecule has 1 aliphatic carbocycles. The lowest BCUT2D eigenvalue weighted by molar-refractivity contribution is -0.00998. The molecule has 2 atom stereocenters. The van der Waals surface area contributed by atoms with Gasteiger partial charge >= 0.3 is 0 Å². The van der Waals surface area contributed by atoms with E-state index in [1.807, 2.05) is 6.92 Å². The third-order valence-corrected chi connectivity index (χ3v) is 3.79. The van der Waals surface area contributed by atoms with Crippen molar-refractivity contribution >= 4 is 0 Å². The van der Waals surface area contributed by atoms with Gasteiger partial charge in [-0.1, -0.05) is 19.3 Å². The molecule has 0 saturated heterocycles. The fourth-order valence-electron chi connectivity index (χ4n) is 2.86. The Morgan fingerprint density at radius 1 is 1.28 bits per heavy atom. The summed E-state index contributed by atoms with van der Waals surface area (Å²) >= 11 is 0. The molecule has 0 aromatic carbocycles. The van der Waals surface area contributed by atoms with Crippen LogP contribution in [0.25, 0.3) is 0 Å². The summed E-state index contributed by atoms with van der Waals surface area (Å²) in [5.41, 5.74) is 7.32. The van der Waals surface area contributed by atoms with Crippen LogP contribution in [0.3, 0.4) is 0 Å². The lowest BCUT2D eigenvalue weighted by atomic mass is 9.81. The first-order valence-corrected chi connectivity index (χ1v) is 6.95. The Morgan fingerprint density at radius 2 is 1.94 bits per heavy atom. The van der Waals surface area contributed by atoms with Gasteiger partial charge in [-0.3, -0.25) is 0 Å². The van der Waals surface area contributed by atoms with Gasteiger partial charge in [0, 0.05) is 24.6 Å². The zero-order valence-corrected chi connectivity index (χ0v) is 11.1.